The average Bonchev–Trinajstić information content (AvgIpc) is 3.27. The third-order valence-electron chi connectivity index (χ3n) is 6.43. The highest BCUT2D eigenvalue weighted by molar-refractivity contribution is 5.94. The van der Waals surface area contributed by atoms with Crippen LogP contribution < -0.4 is 5.32 Å². The Balaban J connectivity index is 1.59. The van der Waals surface area contributed by atoms with E-state index in [0.717, 1.165) is 22.5 Å². The van der Waals surface area contributed by atoms with Gasteiger partial charge in [0.15, 0.2) is 0 Å². The molecule has 4 rings (SSSR count). The van der Waals surface area contributed by atoms with Gasteiger partial charge in [-0.25, -0.2) is 9.18 Å². The fraction of sp³-hybridized carbons (Fsp3) is 0.333. The van der Waals surface area contributed by atoms with E-state index in [0.29, 0.717) is 18.7 Å². The van der Waals surface area contributed by atoms with E-state index in [1.165, 1.54) is 12.1 Å². The van der Waals surface area contributed by atoms with Gasteiger partial charge in [-0.2, -0.15) is 0 Å². The summed E-state index contributed by atoms with van der Waals surface area (Å²) >= 11 is 0. The number of carbonyl (C=O) groups excluding carboxylic acids is 2. The second kappa shape index (κ2) is 9.71. The molecule has 0 saturated heterocycles. The summed E-state index contributed by atoms with van der Waals surface area (Å²) in [6, 6.07) is 15.2. The first-order chi connectivity index (χ1) is 16.3. The van der Waals surface area contributed by atoms with Gasteiger partial charge in [0.05, 0.1) is 6.04 Å². The molecule has 3 amide bonds. The molecule has 0 fully saturated rings. The van der Waals surface area contributed by atoms with Gasteiger partial charge >= 0.3 is 6.03 Å². The van der Waals surface area contributed by atoms with Crippen molar-refractivity contribution in [2.24, 2.45) is 0 Å². The predicted molar refractivity (Wildman–Crippen MR) is 131 cm³/mol. The lowest BCUT2D eigenvalue weighted by atomic mass is 9.99. The fourth-order valence-electron chi connectivity index (χ4n) is 4.60. The Kier molecular flexibility index (Phi) is 6.72. The number of halogens is 1. The minimum atomic E-state index is -0.414. The molecule has 6 nitrogen and oxygen atoms in total. The van der Waals surface area contributed by atoms with E-state index in [9.17, 15) is 14.0 Å². The topological polar surface area (TPSA) is 57.6 Å². The molecular weight excluding hydrogens is 431 g/mol. The minimum absolute atomic E-state index is 0.0685. The average molecular weight is 463 g/mol. The molecule has 1 atom stereocenters. The summed E-state index contributed by atoms with van der Waals surface area (Å²) in [6.07, 6.45) is 1.97. The molecule has 0 spiro atoms. The normalized spacial score (nSPS) is 15.2. The number of carbonyl (C=O) groups is 2. The van der Waals surface area contributed by atoms with Crippen molar-refractivity contribution in [2.45, 2.75) is 46.3 Å². The standard InChI is InChI=1S/C27H31FN4O2/c1-18(2)32(27(34)29-25-19(3)8-5-9-20(25)4)17-24(33)31-15-14-30-13-7-12-23(30)26(31)21-10-6-11-22(28)16-21/h5-13,16,18,26H,14-15,17H2,1-4H3,(H,29,34)/t26-/m1/s1. The Hall–Kier alpha value is -3.61. The molecule has 1 aliphatic rings. The molecule has 2 aromatic carbocycles. The van der Waals surface area contributed by atoms with Crippen molar-refractivity contribution >= 4 is 17.6 Å². The van der Waals surface area contributed by atoms with Crippen LogP contribution in [-0.4, -0.2) is 45.4 Å². The Morgan fingerprint density at radius 1 is 1.06 bits per heavy atom. The number of aryl methyl sites for hydroxylation is 2. The summed E-state index contributed by atoms with van der Waals surface area (Å²) < 4.78 is 16.2. The number of rotatable bonds is 5. The molecule has 7 heteroatoms. The van der Waals surface area contributed by atoms with Crippen LogP contribution in [0, 0.1) is 19.7 Å². The molecule has 34 heavy (non-hydrogen) atoms. The predicted octanol–water partition coefficient (Wildman–Crippen LogP) is 5.12. The van der Waals surface area contributed by atoms with Gasteiger partial charge in [-0.05, 0) is 68.7 Å². The van der Waals surface area contributed by atoms with Crippen LogP contribution >= 0.6 is 0 Å². The maximum atomic E-state index is 14.1. The highest BCUT2D eigenvalue weighted by Crippen LogP contribution is 2.33. The van der Waals surface area contributed by atoms with Crippen molar-refractivity contribution < 1.29 is 14.0 Å². The number of benzene rings is 2. The van der Waals surface area contributed by atoms with Crippen molar-refractivity contribution in [1.29, 1.82) is 0 Å². The van der Waals surface area contributed by atoms with E-state index in [1.54, 1.807) is 15.9 Å². The molecule has 0 aliphatic carbocycles. The number of nitrogens with zero attached hydrogens (tertiary/aromatic N) is 3. The number of amides is 3. The van der Waals surface area contributed by atoms with Gasteiger partial charge in [-0.15, -0.1) is 0 Å². The highest BCUT2D eigenvalue weighted by atomic mass is 19.1. The zero-order valence-electron chi connectivity index (χ0n) is 20.1. The maximum absolute atomic E-state index is 14.1. The Labute approximate surface area is 200 Å². The minimum Gasteiger partial charge on any atom is -0.348 e. The van der Waals surface area contributed by atoms with Crippen LogP contribution in [0.4, 0.5) is 14.9 Å². The van der Waals surface area contributed by atoms with E-state index >= 15 is 0 Å². The number of anilines is 1. The van der Waals surface area contributed by atoms with Gasteiger partial charge in [0.2, 0.25) is 5.91 Å². The quantitative estimate of drug-likeness (QED) is 0.572. The van der Waals surface area contributed by atoms with Crippen molar-refractivity contribution in [3.63, 3.8) is 0 Å². The zero-order valence-corrected chi connectivity index (χ0v) is 20.1. The van der Waals surface area contributed by atoms with E-state index in [4.69, 9.17) is 0 Å². The molecule has 3 aromatic rings. The largest absolute Gasteiger partial charge is 0.348 e. The fourth-order valence-corrected chi connectivity index (χ4v) is 4.60. The molecule has 0 radical (unpaired) electrons. The second-order valence-corrected chi connectivity index (χ2v) is 9.09. The molecule has 0 saturated carbocycles. The van der Waals surface area contributed by atoms with Crippen LogP contribution in [0.2, 0.25) is 0 Å². The van der Waals surface area contributed by atoms with E-state index < -0.39 is 6.04 Å². The first-order valence-corrected chi connectivity index (χ1v) is 11.6. The second-order valence-electron chi connectivity index (χ2n) is 9.09. The molecule has 2 heterocycles. The van der Waals surface area contributed by atoms with Crippen LogP contribution in [-0.2, 0) is 11.3 Å². The first-order valence-electron chi connectivity index (χ1n) is 11.6. The number of para-hydroxylation sites is 1. The SMILES string of the molecule is Cc1cccc(C)c1NC(=O)N(CC(=O)N1CCn2cccc2[C@H]1c1cccc(F)c1)C(C)C. The van der Waals surface area contributed by atoms with Gasteiger partial charge in [-0.3, -0.25) is 4.79 Å². The smallest absolute Gasteiger partial charge is 0.322 e. The number of urea groups is 1. The van der Waals surface area contributed by atoms with Crippen molar-refractivity contribution in [3.05, 3.63) is 89.0 Å². The summed E-state index contributed by atoms with van der Waals surface area (Å²) in [5.41, 5.74) is 4.34. The monoisotopic (exact) mass is 462 g/mol. The van der Waals surface area contributed by atoms with E-state index in [2.05, 4.69) is 9.88 Å². The zero-order chi connectivity index (χ0) is 24.4. The van der Waals surface area contributed by atoms with Crippen LogP contribution in [0.25, 0.3) is 0 Å². The number of nitrogens with one attached hydrogen (secondary N) is 1. The summed E-state index contributed by atoms with van der Waals surface area (Å²) in [6.45, 7) is 8.73. The third kappa shape index (κ3) is 4.69. The van der Waals surface area contributed by atoms with Crippen LogP contribution in [0.5, 0.6) is 0 Å². The summed E-state index contributed by atoms with van der Waals surface area (Å²) in [4.78, 5) is 30.1. The van der Waals surface area contributed by atoms with Crippen molar-refractivity contribution in [1.82, 2.24) is 14.4 Å². The molecule has 1 N–H and O–H groups in total. The van der Waals surface area contributed by atoms with Gasteiger partial charge in [-0.1, -0.05) is 30.3 Å². The molecule has 0 bridgehead atoms. The van der Waals surface area contributed by atoms with Crippen LogP contribution in [0.3, 0.4) is 0 Å². The van der Waals surface area contributed by atoms with Gasteiger partial charge in [0.1, 0.15) is 12.4 Å². The Morgan fingerprint density at radius 3 is 2.44 bits per heavy atom. The number of fused-ring (bicyclic) bond motifs is 1. The number of hydrogen-bond donors (Lipinski definition) is 1. The Bertz CT molecular complexity index is 1180. The summed E-state index contributed by atoms with van der Waals surface area (Å²) in [5, 5.41) is 2.99. The molecule has 1 aromatic heterocycles. The Morgan fingerprint density at radius 2 is 1.76 bits per heavy atom. The third-order valence-corrected chi connectivity index (χ3v) is 6.43. The maximum Gasteiger partial charge on any atom is 0.322 e. The van der Waals surface area contributed by atoms with Crippen molar-refractivity contribution in [2.75, 3.05) is 18.4 Å². The van der Waals surface area contributed by atoms with Gasteiger partial charge < -0.3 is 19.7 Å². The number of aromatic nitrogens is 1. The molecule has 1 aliphatic heterocycles. The molecular formula is C27H31FN4O2. The summed E-state index contributed by atoms with van der Waals surface area (Å²) in [7, 11) is 0. The van der Waals surface area contributed by atoms with Crippen LogP contribution in [0.15, 0.2) is 60.8 Å². The summed E-state index contributed by atoms with van der Waals surface area (Å²) in [5.74, 6) is -0.516. The number of hydrogen-bond acceptors (Lipinski definition) is 2. The lowest BCUT2D eigenvalue weighted by Gasteiger charge is -2.39. The molecule has 0 unspecified atom stereocenters. The molecule has 178 valence electrons. The lowest BCUT2D eigenvalue weighted by Crippen LogP contribution is -2.50. The highest BCUT2D eigenvalue weighted by Gasteiger charge is 2.34. The van der Waals surface area contributed by atoms with E-state index in [1.807, 2.05) is 70.3 Å². The van der Waals surface area contributed by atoms with Gasteiger partial charge in [0, 0.05) is 36.7 Å². The van der Waals surface area contributed by atoms with Gasteiger partial charge in [0.25, 0.3) is 0 Å². The first kappa shape index (κ1) is 23.5. The van der Waals surface area contributed by atoms with Crippen molar-refractivity contribution in [3.8, 4) is 0 Å². The van der Waals surface area contributed by atoms with Crippen LogP contribution in [0.1, 0.15) is 42.3 Å². The van der Waals surface area contributed by atoms with E-state index in [-0.39, 0.29) is 30.3 Å². The lowest BCUT2D eigenvalue weighted by molar-refractivity contribution is -0.134.